The SMILES string of the molecule is CCNCc1cc(C(=O)Nc2cccc(C3(c4nncn4C)CC(CC#N)C3)c2)nc2c1OCC2(C)C. The number of carbonyl (C=O) groups is 1. The number of aryl methyl sites for hydroxylation is 1. The molecule has 192 valence electrons. The molecule has 2 N–H and O–H groups in total. The van der Waals surface area contributed by atoms with Gasteiger partial charge in [0.2, 0.25) is 0 Å². The molecule has 5 rings (SSSR count). The van der Waals surface area contributed by atoms with Gasteiger partial charge in [-0.2, -0.15) is 5.26 Å². The molecule has 3 heterocycles. The number of nitrogens with zero attached hydrogens (tertiary/aromatic N) is 5. The normalized spacial score (nSPS) is 21.4. The van der Waals surface area contributed by atoms with Crippen molar-refractivity contribution in [3.8, 4) is 11.8 Å². The van der Waals surface area contributed by atoms with Crippen molar-refractivity contribution >= 4 is 11.6 Å². The molecule has 9 heteroatoms. The highest BCUT2D eigenvalue weighted by Gasteiger charge is 2.49. The summed E-state index contributed by atoms with van der Waals surface area (Å²) in [6.45, 7) is 8.18. The number of amides is 1. The lowest BCUT2D eigenvalue weighted by Crippen LogP contribution is -2.44. The van der Waals surface area contributed by atoms with Crippen LogP contribution in [0.1, 0.15) is 73.2 Å². The Morgan fingerprint density at radius 3 is 2.81 bits per heavy atom. The molecule has 1 amide bonds. The Hall–Kier alpha value is -3.77. The molecule has 0 unspecified atom stereocenters. The summed E-state index contributed by atoms with van der Waals surface area (Å²) in [5.41, 5.74) is 3.28. The van der Waals surface area contributed by atoms with Crippen molar-refractivity contribution in [1.82, 2.24) is 25.1 Å². The van der Waals surface area contributed by atoms with Gasteiger partial charge in [0.15, 0.2) is 0 Å². The van der Waals surface area contributed by atoms with Crippen LogP contribution in [0.3, 0.4) is 0 Å². The van der Waals surface area contributed by atoms with E-state index in [9.17, 15) is 10.1 Å². The number of benzene rings is 1. The molecule has 0 spiro atoms. The number of aromatic nitrogens is 4. The molecule has 37 heavy (non-hydrogen) atoms. The third kappa shape index (κ3) is 4.46. The van der Waals surface area contributed by atoms with Gasteiger partial charge in [0, 0.05) is 36.7 Å². The van der Waals surface area contributed by atoms with E-state index in [2.05, 4.69) is 46.8 Å². The van der Waals surface area contributed by atoms with Crippen molar-refractivity contribution in [3.63, 3.8) is 0 Å². The average molecular weight is 500 g/mol. The number of anilines is 1. The van der Waals surface area contributed by atoms with Crippen LogP contribution in [-0.4, -0.2) is 38.8 Å². The van der Waals surface area contributed by atoms with Crippen LogP contribution in [-0.2, 0) is 24.4 Å². The Bertz CT molecular complexity index is 1370. The van der Waals surface area contributed by atoms with Crippen LogP contribution in [0.2, 0.25) is 0 Å². The van der Waals surface area contributed by atoms with Crippen LogP contribution in [0.15, 0.2) is 36.7 Å². The lowest BCUT2D eigenvalue weighted by Gasteiger charge is -2.46. The Kier molecular flexibility index (Phi) is 6.46. The fourth-order valence-corrected chi connectivity index (χ4v) is 5.59. The highest BCUT2D eigenvalue weighted by Crippen LogP contribution is 2.53. The summed E-state index contributed by atoms with van der Waals surface area (Å²) >= 11 is 0. The van der Waals surface area contributed by atoms with Crippen LogP contribution in [0.4, 0.5) is 5.69 Å². The molecule has 0 radical (unpaired) electrons. The van der Waals surface area contributed by atoms with Gasteiger partial charge >= 0.3 is 0 Å². The molecular weight excluding hydrogens is 466 g/mol. The zero-order valence-corrected chi connectivity index (χ0v) is 21.8. The molecule has 9 nitrogen and oxygen atoms in total. The second-order valence-corrected chi connectivity index (χ2v) is 10.8. The van der Waals surface area contributed by atoms with Gasteiger partial charge in [-0.1, -0.05) is 32.9 Å². The maximum absolute atomic E-state index is 13.4. The number of pyridine rings is 1. The quantitative estimate of drug-likeness (QED) is 0.483. The minimum absolute atomic E-state index is 0.260. The summed E-state index contributed by atoms with van der Waals surface area (Å²) < 4.78 is 7.91. The first-order valence-electron chi connectivity index (χ1n) is 12.8. The summed E-state index contributed by atoms with van der Waals surface area (Å²) in [6, 6.07) is 12.0. The first-order valence-corrected chi connectivity index (χ1v) is 12.8. The molecule has 1 aromatic carbocycles. The van der Waals surface area contributed by atoms with Gasteiger partial charge in [0.05, 0.1) is 23.8 Å². The van der Waals surface area contributed by atoms with Gasteiger partial charge < -0.3 is 19.9 Å². The highest BCUT2D eigenvalue weighted by molar-refractivity contribution is 6.03. The Balaban J connectivity index is 1.44. The number of fused-ring (bicyclic) bond motifs is 1. The number of rotatable bonds is 8. The number of carbonyl (C=O) groups excluding carboxylic acids is 1. The zero-order chi connectivity index (χ0) is 26.2. The van der Waals surface area contributed by atoms with Crippen molar-refractivity contribution in [2.75, 3.05) is 18.5 Å². The molecule has 1 fully saturated rings. The summed E-state index contributed by atoms with van der Waals surface area (Å²) in [5.74, 6) is 1.72. The van der Waals surface area contributed by atoms with E-state index in [-0.39, 0.29) is 16.7 Å². The molecule has 1 aliphatic heterocycles. The van der Waals surface area contributed by atoms with E-state index >= 15 is 0 Å². The molecular formula is C28H33N7O2. The molecule has 0 atom stereocenters. The van der Waals surface area contributed by atoms with Crippen LogP contribution in [0.25, 0.3) is 0 Å². The Labute approximate surface area is 217 Å². The van der Waals surface area contributed by atoms with Gasteiger partial charge in [-0.3, -0.25) is 4.79 Å². The fourth-order valence-electron chi connectivity index (χ4n) is 5.59. The Morgan fingerprint density at radius 2 is 2.11 bits per heavy atom. The summed E-state index contributed by atoms with van der Waals surface area (Å²) in [5, 5.41) is 24.1. The maximum atomic E-state index is 13.4. The number of hydrogen-bond donors (Lipinski definition) is 2. The van der Waals surface area contributed by atoms with Crippen molar-refractivity contribution in [2.24, 2.45) is 13.0 Å². The van der Waals surface area contributed by atoms with E-state index in [1.165, 1.54) is 0 Å². The minimum atomic E-state index is -0.334. The number of nitrogens with one attached hydrogen (secondary N) is 2. The summed E-state index contributed by atoms with van der Waals surface area (Å²) in [6.07, 6.45) is 3.87. The van der Waals surface area contributed by atoms with Crippen LogP contribution >= 0.6 is 0 Å². The Morgan fingerprint density at radius 1 is 1.30 bits per heavy atom. The zero-order valence-electron chi connectivity index (χ0n) is 21.8. The molecule has 1 saturated carbocycles. The fraction of sp³-hybridized carbons (Fsp3) is 0.464. The van der Waals surface area contributed by atoms with Crippen molar-refractivity contribution < 1.29 is 9.53 Å². The van der Waals surface area contributed by atoms with E-state index in [1.54, 1.807) is 6.33 Å². The maximum Gasteiger partial charge on any atom is 0.274 e. The predicted molar refractivity (Wildman–Crippen MR) is 139 cm³/mol. The van der Waals surface area contributed by atoms with Gasteiger partial charge in [0.1, 0.15) is 23.6 Å². The van der Waals surface area contributed by atoms with Gasteiger partial charge in [-0.05, 0) is 49.1 Å². The van der Waals surface area contributed by atoms with Gasteiger partial charge in [0.25, 0.3) is 5.91 Å². The van der Waals surface area contributed by atoms with E-state index in [1.807, 2.05) is 42.8 Å². The van der Waals surface area contributed by atoms with Crippen LogP contribution in [0, 0.1) is 17.2 Å². The first kappa shape index (κ1) is 24.9. The third-order valence-electron chi connectivity index (χ3n) is 7.53. The average Bonchev–Trinajstić information content (AvgIpc) is 3.42. The van der Waals surface area contributed by atoms with E-state index in [4.69, 9.17) is 9.72 Å². The van der Waals surface area contributed by atoms with E-state index < -0.39 is 0 Å². The lowest BCUT2D eigenvalue weighted by molar-refractivity contribution is 0.102. The van der Waals surface area contributed by atoms with Crippen LogP contribution in [0.5, 0.6) is 5.75 Å². The van der Waals surface area contributed by atoms with Crippen molar-refractivity contribution in [2.45, 2.75) is 57.4 Å². The van der Waals surface area contributed by atoms with E-state index in [0.29, 0.717) is 36.9 Å². The lowest BCUT2D eigenvalue weighted by atomic mass is 9.57. The smallest absolute Gasteiger partial charge is 0.274 e. The highest BCUT2D eigenvalue weighted by atomic mass is 16.5. The molecule has 2 aromatic heterocycles. The second kappa shape index (κ2) is 9.60. The topological polar surface area (TPSA) is 118 Å². The molecule has 0 saturated heterocycles. The largest absolute Gasteiger partial charge is 0.490 e. The third-order valence-corrected chi connectivity index (χ3v) is 7.53. The van der Waals surface area contributed by atoms with Crippen LogP contribution < -0.4 is 15.4 Å². The summed E-state index contributed by atoms with van der Waals surface area (Å²) in [4.78, 5) is 18.2. The monoisotopic (exact) mass is 499 g/mol. The number of ether oxygens (including phenoxy) is 1. The molecule has 0 bridgehead atoms. The standard InChI is InChI=1S/C28H33N7O2/c1-5-30-15-19-11-22(33-24-23(19)37-16-27(24,2)3)25(36)32-21-8-6-7-20(12-21)28(13-18(14-28)9-10-29)26-34-31-17-35(26)4/h6-8,11-12,17-18,30H,5,9,13-16H2,1-4H3,(H,32,36). The van der Waals surface area contributed by atoms with Gasteiger partial charge in [-0.15, -0.1) is 10.2 Å². The van der Waals surface area contributed by atoms with Crippen molar-refractivity contribution in [3.05, 3.63) is 65.0 Å². The van der Waals surface area contributed by atoms with Gasteiger partial charge in [-0.25, -0.2) is 4.98 Å². The molecule has 3 aromatic rings. The summed E-state index contributed by atoms with van der Waals surface area (Å²) in [7, 11) is 1.94. The first-order chi connectivity index (χ1) is 17.8. The molecule has 2 aliphatic rings. The second-order valence-electron chi connectivity index (χ2n) is 10.8. The number of hydrogen-bond acceptors (Lipinski definition) is 7. The number of nitriles is 1. The predicted octanol–water partition coefficient (Wildman–Crippen LogP) is 3.85. The molecule has 1 aliphatic carbocycles. The van der Waals surface area contributed by atoms with Crippen molar-refractivity contribution in [1.29, 1.82) is 5.26 Å². The minimum Gasteiger partial charge on any atom is -0.490 e. The van der Waals surface area contributed by atoms with E-state index in [0.717, 1.165) is 47.8 Å².